The van der Waals surface area contributed by atoms with Crippen LogP contribution in [0, 0.1) is 0 Å². The van der Waals surface area contributed by atoms with Gasteiger partial charge in [-0.2, -0.15) is 0 Å². The summed E-state index contributed by atoms with van der Waals surface area (Å²) in [6.45, 7) is 5.55. The standard InChI is InChI=1S/C17H24ClN3O3/c1-12(2)24-15-6-5-13(9-14(15)18)19-10-16(22)20-11-17(23)21-7-3-4-8-21/h5-6,9,12,19H,3-4,7-8,10-11H2,1-2H3,(H,20,22). The number of rotatable bonds is 7. The summed E-state index contributed by atoms with van der Waals surface area (Å²) in [7, 11) is 0. The van der Waals surface area contributed by atoms with Crippen molar-refractivity contribution in [2.75, 3.05) is 31.5 Å². The summed E-state index contributed by atoms with van der Waals surface area (Å²) >= 11 is 6.15. The maximum atomic E-state index is 11.9. The lowest BCUT2D eigenvalue weighted by Gasteiger charge is -2.16. The molecule has 0 atom stereocenters. The highest BCUT2D eigenvalue weighted by atomic mass is 35.5. The van der Waals surface area contributed by atoms with Crippen LogP contribution in [0.2, 0.25) is 5.02 Å². The highest BCUT2D eigenvalue weighted by Gasteiger charge is 2.18. The van der Waals surface area contributed by atoms with Crippen molar-refractivity contribution in [1.82, 2.24) is 10.2 Å². The van der Waals surface area contributed by atoms with Gasteiger partial charge in [0.2, 0.25) is 11.8 Å². The molecule has 0 spiro atoms. The molecular formula is C17H24ClN3O3. The highest BCUT2D eigenvalue weighted by Crippen LogP contribution is 2.28. The molecule has 2 rings (SSSR count). The van der Waals surface area contributed by atoms with Gasteiger partial charge in [-0.3, -0.25) is 9.59 Å². The molecule has 0 bridgehead atoms. The molecule has 2 N–H and O–H groups in total. The van der Waals surface area contributed by atoms with Crippen molar-refractivity contribution < 1.29 is 14.3 Å². The van der Waals surface area contributed by atoms with Crippen LogP contribution in [0.1, 0.15) is 26.7 Å². The van der Waals surface area contributed by atoms with E-state index in [-0.39, 0.29) is 31.0 Å². The zero-order valence-corrected chi connectivity index (χ0v) is 14.9. The predicted octanol–water partition coefficient (Wildman–Crippen LogP) is 2.28. The molecule has 1 fully saturated rings. The van der Waals surface area contributed by atoms with Crippen LogP contribution in [0.5, 0.6) is 5.75 Å². The van der Waals surface area contributed by atoms with Gasteiger partial charge >= 0.3 is 0 Å². The Balaban J connectivity index is 1.75. The summed E-state index contributed by atoms with van der Waals surface area (Å²) in [4.78, 5) is 25.5. The number of nitrogens with one attached hydrogen (secondary N) is 2. The minimum absolute atomic E-state index is 0.0286. The number of nitrogens with zero attached hydrogens (tertiary/aromatic N) is 1. The van der Waals surface area contributed by atoms with E-state index in [0.29, 0.717) is 10.8 Å². The Hall–Kier alpha value is -1.95. The summed E-state index contributed by atoms with van der Waals surface area (Å²) in [5, 5.41) is 6.10. The van der Waals surface area contributed by atoms with E-state index in [2.05, 4.69) is 10.6 Å². The van der Waals surface area contributed by atoms with Crippen LogP contribution in [-0.2, 0) is 9.59 Å². The minimum atomic E-state index is -0.235. The number of halogens is 1. The van der Waals surface area contributed by atoms with Crippen molar-refractivity contribution in [3.05, 3.63) is 23.2 Å². The van der Waals surface area contributed by atoms with E-state index in [1.807, 2.05) is 13.8 Å². The molecule has 2 amide bonds. The Morgan fingerprint density at radius 2 is 1.96 bits per heavy atom. The van der Waals surface area contributed by atoms with Gasteiger partial charge in [-0.05, 0) is 44.9 Å². The van der Waals surface area contributed by atoms with E-state index in [1.165, 1.54) is 0 Å². The normalized spacial score (nSPS) is 13.9. The molecular weight excluding hydrogens is 330 g/mol. The Bertz CT molecular complexity index is 586. The summed E-state index contributed by atoms with van der Waals surface area (Å²) in [5.74, 6) is 0.345. The molecule has 132 valence electrons. The lowest BCUT2D eigenvalue weighted by Crippen LogP contribution is -2.40. The zero-order valence-electron chi connectivity index (χ0n) is 14.1. The van der Waals surface area contributed by atoms with Crippen LogP contribution >= 0.6 is 11.6 Å². The van der Waals surface area contributed by atoms with Gasteiger partial charge in [0.15, 0.2) is 0 Å². The predicted molar refractivity (Wildman–Crippen MR) is 94.5 cm³/mol. The van der Waals surface area contributed by atoms with Gasteiger partial charge in [-0.1, -0.05) is 11.6 Å². The highest BCUT2D eigenvalue weighted by molar-refractivity contribution is 6.32. The third kappa shape index (κ3) is 5.60. The second-order valence-electron chi connectivity index (χ2n) is 6.03. The van der Waals surface area contributed by atoms with Gasteiger partial charge in [-0.25, -0.2) is 0 Å². The Morgan fingerprint density at radius 1 is 1.25 bits per heavy atom. The van der Waals surface area contributed by atoms with Crippen molar-refractivity contribution in [2.45, 2.75) is 32.8 Å². The number of ether oxygens (including phenoxy) is 1. The lowest BCUT2D eigenvalue weighted by atomic mass is 10.3. The number of amides is 2. The van der Waals surface area contributed by atoms with Gasteiger partial charge in [0, 0.05) is 18.8 Å². The fraction of sp³-hybridized carbons (Fsp3) is 0.529. The third-order valence-electron chi connectivity index (χ3n) is 3.64. The van der Waals surface area contributed by atoms with Gasteiger partial charge < -0.3 is 20.3 Å². The molecule has 1 aromatic carbocycles. The van der Waals surface area contributed by atoms with Crippen LogP contribution in [0.4, 0.5) is 5.69 Å². The summed E-state index contributed by atoms with van der Waals surface area (Å²) in [6, 6.07) is 5.27. The third-order valence-corrected chi connectivity index (χ3v) is 3.94. The number of hydrogen-bond acceptors (Lipinski definition) is 4. The molecule has 7 heteroatoms. The molecule has 6 nitrogen and oxygen atoms in total. The SMILES string of the molecule is CC(C)Oc1ccc(NCC(=O)NCC(=O)N2CCCC2)cc1Cl. The molecule has 24 heavy (non-hydrogen) atoms. The maximum Gasteiger partial charge on any atom is 0.241 e. The Labute approximate surface area is 147 Å². The fourth-order valence-corrected chi connectivity index (χ4v) is 2.68. The van der Waals surface area contributed by atoms with Crippen LogP contribution in [0.15, 0.2) is 18.2 Å². The van der Waals surface area contributed by atoms with Gasteiger partial charge in [0.25, 0.3) is 0 Å². The van der Waals surface area contributed by atoms with Crippen molar-refractivity contribution in [3.63, 3.8) is 0 Å². The Kier molecular flexibility index (Phi) is 6.73. The quantitative estimate of drug-likeness (QED) is 0.789. The molecule has 1 aliphatic heterocycles. The molecule has 1 aliphatic rings. The molecule has 0 aliphatic carbocycles. The average molecular weight is 354 g/mol. The van der Waals surface area contributed by atoms with Crippen LogP contribution in [0.25, 0.3) is 0 Å². The summed E-state index contributed by atoms with van der Waals surface area (Å²) in [5.41, 5.74) is 0.720. The van der Waals surface area contributed by atoms with Crippen molar-refractivity contribution in [3.8, 4) is 5.75 Å². The van der Waals surface area contributed by atoms with E-state index in [0.717, 1.165) is 31.6 Å². The summed E-state index contributed by atoms with van der Waals surface area (Å²) in [6.07, 6.45) is 2.12. The number of anilines is 1. The first-order chi connectivity index (χ1) is 11.5. The van der Waals surface area contributed by atoms with Gasteiger partial charge in [0.1, 0.15) is 5.75 Å². The van der Waals surface area contributed by atoms with E-state index in [4.69, 9.17) is 16.3 Å². The van der Waals surface area contributed by atoms with Gasteiger partial charge in [0.05, 0.1) is 24.2 Å². The topological polar surface area (TPSA) is 70.7 Å². The molecule has 1 heterocycles. The largest absolute Gasteiger partial charge is 0.489 e. The second-order valence-corrected chi connectivity index (χ2v) is 6.44. The van der Waals surface area contributed by atoms with Crippen molar-refractivity contribution in [1.29, 1.82) is 0 Å². The molecule has 1 saturated heterocycles. The first-order valence-corrected chi connectivity index (χ1v) is 8.58. The summed E-state index contributed by atoms with van der Waals surface area (Å²) < 4.78 is 5.56. The van der Waals surface area contributed by atoms with Crippen LogP contribution in [0.3, 0.4) is 0 Å². The molecule has 0 unspecified atom stereocenters. The number of carbonyl (C=O) groups is 2. The second kappa shape index (κ2) is 8.78. The number of likely N-dealkylation sites (tertiary alicyclic amines) is 1. The molecule has 0 aromatic heterocycles. The molecule has 1 aromatic rings. The first-order valence-electron chi connectivity index (χ1n) is 8.20. The lowest BCUT2D eigenvalue weighted by molar-refractivity contribution is -0.131. The number of hydrogen-bond donors (Lipinski definition) is 2. The zero-order chi connectivity index (χ0) is 17.5. The van der Waals surface area contributed by atoms with E-state index >= 15 is 0 Å². The van der Waals surface area contributed by atoms with E-state index in [9.17, 15) is 9.59 Å². The van der Waals surface area contributed by atoms with Crippen LogP contribution < -0.4 is 15.4 Å². The molecule has 0 saturated carbocycles. The van der Waals surface area contributed by atoms with Crippen LogP contribution in [-0.4, -0.2) is 49.0 Å². The van der Waals surface area contributed by atoms with Crippen molar-refractivity contribution >= 4 is 29.1 Å². The average Bonchev–Trinajstić information content (AvgIpc) is 3.07. The smallest absolute Gasteiger partial charge is 0.241 e. The first kappa shape index (κ1) is 18.4. The van der Waals surface area contributed by atoms with E-state index < -0.39 is 0 Å². The number of carbonyl (C=O) groups excluding carboxylic acids is 2. The monoisotopic (exact) mass is 353 g/mol. The minimum Gasteiger partial charge on any atom is -0.489 e. The Morgan fingerprint density at radius 3 is 2.58 bits per heavy atom. The van der Waals surface area contributed by atoms with Crippen molar-refractivity contribution in [2.24, 2.45) is 0 Å². The maximum absolute atomic E-state index is 11.9. The van der Waals surface area contributed by atoms with Gasteiger partial charge in [-0.15, -0.1) is 0 Å². The molecule has 0 radical (unpaired) electrons. The number of benzene rings is 1. The fourth-order valence-electron chi connectivity index (χ4n) is 2.46. The van der Waals surface area contributed by atoms with E-state index in [1.54, 1.807) is 23.1 Å².